The van der Waals surface area contributed by atoms with Gasteiger partial charge in [0.2, 0.25) is 0 Å². The second-order valence-electron chi connectivity index (χ2n) is 5.01. The van der Waals surface area contributed by atoms with Crippen LogP contribution in [-0.4, -0.2) is 35.3 Å². The van der Waals surface area contributed by atoms with Crippen LogP contribution in [0, 0.1) is 5.92 Å². The number of carboxylic acids is 1. The Bertz CT molecular complexity index is 233. The lowest BCUT2D eigenvalue weighted by atomic mass is 10.1. The van der Waals surface area contributed by atoms with E-state index in [4.69, 9.17) is 9.84 Å². The van der Waals surface area contributed by atoms with Gasteiger partial charge in [0, 0.05) is 18.1 Å². The van der Waals surface area contributed by atoms with Gasteiger partial charge in [0.15, 0.2) is 0 Å². The fraction of sp³-hybridized carbons (Fsp3) is 0.929. The highest BCUT2D eigenvalue weighted by molar-refractivity contribution is 7.99. The monoisotopic (exact) mass is 274 g/mol. The van der Waals surface area contributed by atoms with Crippen LogP contribution in [0.5, 0.6) is 0 Å². The molecule has 2 atom stereocenters. The van der Waals surface area contributed by atoms with Crippen molar-refractivity contribution >= 4 is 17.7 Å². The highest BCUT2D eigenvalue weighted by Gasteiger charge is 2.33. The zero-order valence-electron chi connectivity index (χ0n) is 11.4. The van der Waals surface area contributed by atoms with Crippen LogP contribution in [0.1, 0.15) is 51.9 Å². The number of hydrogen-bond acceptors (Lipinski definition) is 3. The summed E-state index contributed by atoms with van der Waals surface area (Å²) in [5.74, 6) is 0.550. The van der Waals surface area contributed by atoms with E-state index >= 15 is 0 Å². The SMILES string of the molecule is CCCCCCCCCOC1CSCC1C(=O)O. The van der Waals surface area contributed by atoms with E-state index in [-0.39, 0.29) is 12.0 Å². The van der Waals surface area contributed by atoms with Crippen molar-refractivity contribution in [3.63, 3.8) is 0 Å². The largest absolute Gasteiger partial charge is 0.481 e. The van der Waals surface area contributed by atoms with E-state index in [1.165, 1.54) is 38.5 Å². The van der Waals surface area contributed by atoms with Crippen LogP contribution in [0.4, 0.5) is 0 Å². The van der Waals surface area contributed by atoms with E-state index in [0.717, 1.165) is 18.8 Å². The summed E-state index contributed by atoms with van der Waals surface area (Å²) in [5.41, 5.74) is 0. The highest BCUT2D eigenvalue weighted by atomic mass is 32.2. The Morgan fingerprint density at radius 3 is 2.50 bits per heavy atom. The molecule has 1 aliphatic heterocycles. The first-order valence-corrected chi connectivity index (χ1v) is 8.33. The Kier molecular flexibility index (Phi) is 8.51. The van der Waals surface area contributed by atoms with Crippen LogP contribution in [-0.2, 0) is 9.53 Å². The average Bonchev–Trinajstić information content (AvgIpc) is 2.81. The number of ether oxygens (including phenoxy) is 1. The van der Waals surface area contributed by atoms with Gasteiger partial charge in [-0.05, 0) is 6.42 Å². The molecule has 0 bridgehead atoms. The number of aliphatic carboxylic acids is 1. The maximum absolute atomic E-state index is 11.0. The summed E-state index contributed by atoms with van der Waals surface area (Å²) in [6, 6.07) is 0. The van der Waals surface area contributed by atoms with E-state index in [0.29, 0.717) is 5.75 Å². The van der Waals surface area contributed by atoms with Crippen LogP contribution in [0.25, 0.3) is 0 Å². The van der Waals surface area contributed by atoms with Gasteiger partial charge in [0.1, 0.15) is 0 Å². The van der Waals surface area contributed by atoms with Gasteiger partial charge in [-0.2, -0.15) is 11.8 Å². The summed E-state index contributed by atoms with van der Waals surface area (Å²) in [4.78, 5) is 11.0. The third-order valence-electron chi connectivity index (χ3n) is 3.43. The van der Waals surface area contributed by atoms with E-state index in [9.17, 15) is 4.79 Å². The van der Waals surface area contributed by atoms with Gasteiger partial charge < -0.3 is 9.84 Å². The first-order valence-electron chi connectivity index (χ1n) is 7.18. The van der Waals surface area contributed by atoms with Crippen molar-refractivity contribution < 1.29 is 14.6 Å². The predicted octanol–water partition coefficient (Wildman–Crippen LogP) is 3.57. The Hall–Kier alpha value is -0.220. The maximum atomic E-state index is 11.0. The fourth-order valence-corrected chi connectivity index (χ4v) is 3.53. The topological polar surface area (TPSA) is 46.5 Å². The molecule has 0 amide bonds. The van der Waals surface area contributed by atoms with Gasteiger partial charge in [0.25, 0.3) is 0 Å². The van der Waals surface area contributed by atoms with Gasteiger partial charge in [-0.15, -0.1) is 0 Å². The molecule has 0 saturated carbocycles. The summed E-state index contributed by atoms with van der Waals surface area (Å²) >= 11 is 1.69. The number of carboxylic acid groups (broad SMARTS) is 1. The summed E-state index contributed by atoms with van der Waals surface area (Å²) in [7, 11) is 0. The van der Waals surface area contributed by atoms with Crippen molar-refractivity contribution in [1.29, 1.82) is 0 Å². The first-order chi connectivity index (χ1) is 8.75. The standard InChI is InChI=1S/C14H26O3S/c1-2-3-4-5-6-7-8-9-17-13-11-18-10-12(13)14(15)16/h12-13H,2-11H2,1H3,(H,15,16). The number of rotatable bonds is 10. The molecular formula is C14H26O3S. The van der Waals surface area contributed by atoms with Crippen LogP contribution < -0.4 is 0 Å². The molecule has 0 aliphatic carbocycles. The lowest BCUT2D eigenvalue weighted by molar-refractivity contribution is -0.145. The molecular weight excluding hydrogens is 248 g/mol. The van der Waals surface area contributed by atoms with Crippen molar-refractivity contribution in [1.82, 2.24) is 0 Å². The summed E-state index contributed by atoms with van der Waals surface area (Å²) in [5, 5.41) is 9.01. The summed E-state index contributed by atoms with van der Waals surface area (Å²) < 4.78 is 5.70. The predicted molar refractivity (Wildman–Crippen MR) is 76.2 cm³/mol. The molecule has 3 nitrogen and oxygen atoms in total. The lowest BCUT2D eigenvalue weighted by Crippen LogP contribution is -2.29. The van der Waals surface area contributed by atoms with Crippen LogP contribution in [0.2, 0.25) is 0 Å². The number of hydrogen-bond donors (Lipinski definition) is 1. The Morgan fingerprint density at radius 2 is 1.83 bits per heavy atom. The van der Waals surface area contributed by atoms with Crippen molar-refractivity contribution in [2.45, 2.75) is 58.0 Å². The minimum absolute atomic E-state index is 0.0624. The maximum Gasteiger partial charge on any atom is 0.310 e. The van der Waals surface area contributed by atoms with E-state index in [1.807, 2.05) is 0 Å². The van der Waals surface area contributed by atoms with Crippen molar-refractivity contribution in [2.75, 3.05) is 18.1 Å². The van der Waals surface area contributed by atoms with Crippen molar-refractivity contribution in [3.8, 4) is 0 Å². The van der Waals surface area contributed by atoms with Crippen molar-refractivity contribution in [3.05, 3.63) is 0 Å². The van der Waals surface area contributed by atoms with E-state index < -0.39 is 5.97 Å². The molecule has 1 aliphatic rings. The molecule has 1 heterocycles. The third kappa shape index (κ3) is 6.10. The normalized spacial score (nSPS) is 23.4. The van der Waals surface area contributed by atoms with Gasteiger partial charge in [-0.1, -0.05) is 45.4 Å². The zero-order chi connectivity index (χ0) is 13.2. The van der Waals surface area contributed by atoms with E-state index in [1.54, 1.807) is 11.8 Å². The molecule has 1 N–H and O–H groups in total. The zero-order valence-corrected chi connectivity index (χ0v) is 12.2. The molecule has 0 aromatic carbocycles. The molecule has 18 heavy (non-hydrogen) atoms. The van der Waals surface area contributed by atoms with Gasteiger partial charge in [-0.25, -0.2) is 0 Å². The van der Waals surface area contributed by atoms with E-state index in [2.05, 4.69) is 6.92 Å². The molecule has 0 aromatic heterocycles. The quantitative estimate of drug-likeness (QED) is 0.619. The molecule has 0 radical (unpaired) electrons. The average molecular weight is 274 g/mol. The van der Waals surface area contributed by atoms with Gasteiger partial charge in [-0.3, -0.25) is 4.79 Å². The second-order valence-corrected chi connectivity index (χ2v) is 6.09. The van der Waals surface area contributed by atoms with Gasteiger partial charge >= 0.3 is 5.97 Å². The van der Waals surface area contributed by atoms with Crippen LogP contribution in [0.3, 0.4) is 0 Å². The first kappa shape index (κ1) is 15.8. The summed E-state index contributed by atoms with van der Waals surface area (Å²) in [6.45, 7) is 2.95. The molecule has 0 spiro atoms. The Morgan fingerprint density at radius 1 is 1.17 bits per heavy atom. The molecule has 1 fully saturated rings. The summed E-state index contributed by atoms with van der Waals surface area (Å²) in [6.07, 6.45) is 8.80. The molecule has 1 saturated heterocycles. The lowest BCUT2D eigenvalue weighted by Gasteiger charge is -2.15. The molecule has 0 aromatic rings. The minimum Gasteiger partial charge on any atom is -0.481 e. The molecule has 106 valence electrons. The van der Waals surface area contributed by atoms with Crippen LogP contribution >= 0.6 is 11.8 Å². The van der Waals surface area contributed by atoms with Gasteiger partial charge in [0.05, 0.1) is 12.0 Å². The second kappa shape index (κ2) is 9.68. The Balaban J connectivity index is 1.96. The fourth-order valence-electron chi connectivity index (χ4n) is 2.22. The van der Waals surface area contributed by atoms with Crippen molar-refractivity contribution in [2.24, 2.45) is 5.92 Å². The minimum atomic E-state index is -0.704. The Labute approximate surface area is 115 Å². The number of unbranched alkanes of at least 4 members (excludes halogenated alkanes) is 6. The third-order valence-corrected chi connectivity index (χ3v) is 4.58. The molecule has 2 unspecified atom stereocenters. The van der Waals surface area contributed by atoms with Crippen LogP contribution in [0.15, 0.2) is 0 Å². The molecule has 4 heteroatoms. The molecule has 1 rings (SSSR count). The number of carbonyl (C=O) groups is 1. The smallest absolute Gasteiger partial charge is 0.310 e. The highest BCUT2D eigenvalue weighted by Crippen LogP contribution is 2.27. The number of thioether (sulfide) groups is 1.